The van der Waals surface area contributed by atoms with E-state index in [0.29, 0.717) is 25.1 Å². The third-order valence-corrected chi connectivity index (χ3v) is 8.42. The Morgan fingerprint density at radius 3 is 2.13 bits per heavy atom. The maximum absolute atomic E-state index is 14.0. The minimum Gasteiger partial charge on any atom is -0.354 e. The molecule has 2 amide bonds. The fourth-order valence-corrected chi connectivity index (χ4v) is 6.08. The average molecular weight is 550 g/mol. The molecule has 0 unspecified atom stereocenters. The Balaban J connectivity index is 2.02. The molecule has 0 bridgehead atoms. The summed E-state index contributed by atoms with van der Waals surface area (Å²) in [5.41, 5.74) is 3.19. The number of amides is 2. The third kappa shape index (κ3) is 7.69. The zero-order chi connectivity index (χ0) is 28.4. The van der Waals surface area contributed by atoms with Gasteiger partial charge in [-0.1, -0.05) is 80.1 Å². The molecule has 0 aliphatic heterocycles. The van der Waals surface area contributed by atoms with E-state index in [-0.39, 0.29) is 17.3 Å². The first kappa shape index (κ1) is 29.9. The Labute approximate surface area is 232 Å². The van der Waals surface area contributed by atoms with Gasteiger partial charge in [-0.05, 0) is 62.4 Å². The molecule has 0 aliphatic carbocycles. The maximum atomic E-state index is 14.0. The second-order valence-corrected chi connectivity index (χ2v) is 11.5. The summed E-state index contributed by atoms with van der Waals surface area (Å²) < 4.78 is 29.0. The number of carbonyl (C=O) groups excluding carboxylic acids is 2. The van der Waals surface area contributed by atoms with Gasteiger partial charge >= 0.3 is 0 Å². The van der Waals surface area contributed by atoms with E-state index in [2.05, 4.69) is 5.32 Å². The molecule has 0 saturated carbocycles. The van der Waals surface area contributed by atoms with Crippen molar-refractivity contribution in [2.24, 2.45) is 0 Å². The topological polar surface area (TPSA) is 86.8 Å². The molecule has 7 nitrogen and oxygen atoms in total. The maximum Gasteiger partial charge on any atom is 0.264 e. The second kappa shape index (κ2) is 13.9. The first-order valence-electron chi connectivity index (χ1n) is 13.4. The van der Waals surface area contributed by atoms with Crippen molar-refractivity contribution in [3.63, 3.8) is 0 Å². The van der Waals surface area contributed by atoms with Gasteiger partial charge in [0.1, 0.15) is 12.6 Å². The van der Waals surface area contributed by atoms with E-state index in [0.717, 1.165) is 23.1 Å². The van der Waals surface area contributed by atoms with Crippen molar-refractivity contribution < 1.29 is 18.0 Å². The standard InChI is InChI=1S/C31H39N3O4S/c1-5-20-32-31(36)28(6-2)33(21-19-26-13-9-7-10-14-26)30(35)23-34(29-18-17-24(3)22-25(29)4)39(37,38)27-15-11-8-12-16-27/h7-18,22,28H,5-6,19-21,23H2,1-4H3,(H,32,36)/t28-/m0/s1. The number of nitrogens with zero attached hydrogens (tertiary/aromatic N) is 2. The summed E-state index contributed by atoms with van der Waals surface area (Å²) in [5.74, 6) is -0.659. The van der Waals surface area contributed by atoms with Gasteiger partial charge in [0.25, 0.3) is 10.0 Å². The van der Waals surface area contributed by atoms with Crippen LogP contribution in [-0.4, -0.2) is 50.8 Å². The number of benzene rings is 3. The highest BCUT2D eigenvalue weighted by Gasteiger charge is 2.33. The lowest BCUT2D eigenvalue weighted by Crippen LogP contribution is -2.53. The monoisotopic (exact) mass is 549 g/mol. The van der Waals surface area contributed by atoms with Crippen molar-refractivity contribution in [1.29, 1.82) is 0 Å². The lowest BCUT2D eigenvalue weighted by Gasteiger charge is -2.33. The highest BCUT2D eigenvalue weighted by atomic mass is 32.2. The molecule has 3 aromatic rings. The number of nitrogens with one attached hydrogen (secondary N) is 1. The van der Waals surface area contributed by atoms with E-state index >= 15 is 0 Å². The number of rotatable bonds is 13. The molecule has 8 heteroatoms. The summed E-state index contributed by atoms with van der Waals surface area (Å²) >= 11 is 0. The van der Waals surface area contributed by atoms with Crippen molar-refractivity contribution in [3.8, 4) is 0 Å². The highest BCUT2D eigenvalue weighted by molar-refractivity contribution is 7.92. The van der Waals surface area contributed by atoms with E-state index in [1.165, 1.54) is 21.3 Å². The molecule has 1 atom stereocenters. The van der Waals surface area contributed by atoms with E-state index in [4.69, 9.17) is 0 Å². The predicted molar refractivity (Wildman–Crippen MR) is 156 cm³/mol. The van der Waals surface area contributed by atoms with Gasteiger partial charge in [0.15, 0.2) is 0 Å². The Morgan fingerprint density at radius 1 is 0.897 bits per heavy atom. The van der Waals surface area contributed by atoms with Crippen molar-refractivity contribution in [2.75, 3.05) is 23.9 Å². The van der Waals surface area contributed by atoms with Crippen LogP contribution >= 0.6 is 0 Å². The normalized spacial score (nSPS) is 12.0. The lowest BCUT2D eigenvalue weighted by atomic mass is 10.1. The van der Waals surface area contributed by atoms with Gasteiger partial charge in [-0.25, -0.2) is 8.42 Å². The lowest BCUT2D eigenvalue weighted by molar-refractivity contribution is -0.139. The highest BCUT2D eigenvalue weighted by Crippen LogP contribution is 2.28. The largest absolute Gasteiger partial charge is 0.354 e. The summed E-state index contributed by atoms with van der Waals surface area (Å²) in [6, 6.07) is 22.6. The van der Waals surface area contributed by atoms with Crippen LogP contribution in [0.2, 0.25) is 0 Å². The van der Waals surface area contributed by atoms with Crippen molar-refractivity contribution in [3.05, 3.63) is 95.6 Å². The Bertz CT molecular complexity index is 1340. The van der Waals surface area contributed by atoms with Crippen molar-refractivity contribution in [1.82, 2.24) is 10.2 Å². The molecule has 0 aromatic heterocycles. The average Bonchev–Trinajstić information content (AvgIpc) is 2.94. The summed E-state index contributed by atoms with van der Waals surface area (Å²) in [4.78, 5) is 28.8. The zero-order valence-electron chi connectivity index (χ0n) is 23.3. The first-order chi connectivity index (χ1) is 18.7. The summed E-state index contributed by atoms with van der Waals surface area (Å²) in [7, 11) is -4.07. The molecule has 0 heterocycles. The number of carbonyl (C=O) groups is 2. The van der Waals surface area contributed by atoms with Crippen LogP contribution in [0.25, 0.3) is 0 Å². The Hall–Kier alpha value is -3.65. The van der Waals surface area contributed by atoms with Crippen LogP contribution in [0.5, 0.6) is 0 Å². The predicted octanol–water partition coefficient (Wildman–Crippen LogP) is 4.87. The zero-order valence-corrected chi connectivity index (χ0v) is 24.1. The third-order valence-electron chi connectivity index (χ3n) is 6.65. The fourth-order valence-electron chi connectivity index (χ4n) is 4.58. The Morgan fingerprint density at radius 2 is 1.54 bits per heavy atom. The van der Waals surface area contributed by atoms with Gasteiger partial charge in [-0.3, -0.25) is 13.9 Å². The minimum absolute atomic E-state index is 0.0985. The molecule has 0 saturated heterocycles. The quantitative estimate of drug-likeness (QED) is 0.329. The van der Waals surface area contributed by atoms with Crippen molar-refractivity contribution >= 4 is 27.5 Å². The van der Waals surface area contributed by atoms with Gasteiger partial charge < -0.3 is 10.2 Å². The molecular weight excluding hydrogens is 510 g/mol. The number of anilines is 1. The number of aryl methyl sites for hydroxylation is 2. The molecule has 0 fully saturated rings. The molecule has 0 aliphatic rings. The second-order valence-electron chi connectivity index (χ2n) is 9.65. The number of sulfonamides is 1. The first-order valence-corrected chi connectivity index (χ1v) is 14.9. The van der Waals surface area contributed by atoms with Crippen LogP contribution in [-0.2, 0) is 26.0 Å². The van der Waals surface area contributed by atoms with Gasteiger partial charge in [0, 0.05) is 13.1 Å². The van der Waals surface area contributed by atoms with Crippen LogP contribution in [0.1, 0.15) is 43.4 Å². The van der Waals surface area contributed by atoms with Crippen LogP contribution in [0, 0.1) is 13.8 Å². The van der Waals surface area contributed by atoms with Crippen molar-refractivity contribution in [2.45, 2.75) is 57.9 Å². The fraction of sp³-hybridized carbons (Fsp3) is 0.355. The number of hydrogen-bond acceptors (Lipinski definition) is 4. The van der Waals surface area contributed by atoms with Gasteiger partial charge in [0.2, 0.25) is 11.8 Å². The molecular formula is C31H39N3O4S. The molecule has 39 heavy (non-hydrogen) atoms. The molecule has 3 aromatic carbocycles. The van der Waals surface area contributed by atoms with E-state index in [1.807, 2.05) is 70.2 Å². The minimum atomic E-state index is -4.07. The van der Waals surface area contributed by atoms with Gasteiger partial charge in [0.05, 0.1) is 10.6 Å². The van der Waals surface area contributed by atoms with E-state index in [1.54, 1.807) is 24.3 Å². The summed E-state index contributed by atoms with van der Waals surface area (Å²) in [6.07, 6.45) is 1.72. The summed E-state index contributed by atoms with van der Waals surface area (Å²) in [6.45, 7) is 7.97. The van der Waals surface area contributed by atoms with Gasteiger partial charge in [-0.2, -0.15) is 0 Å². The van der Waals surface area contributed by atoms with Crippen LogP contribution in [0.4, 0.5) is 5.69 Å². The number of hydrogen-bond donors (Lipinski definition) is 1. The SMILES string of the molecule is CCCNC(=O)[C@H](CC)N(CCc1ccccc1)C(=O)CN(c1ccc(C)cc1C)S(=O)(=O)c1ccccc1. The van der Waals surface area contributed by atoms with Gasteiger partial charge in [-0.15, -0.1) is 0 Å². The van der Waals surface area contributed by atoms with E-state index < -0.39 is 28.5 Å². The van der Waals surface area contributed by atoms with Crippen LogP contribution in [0.3, 0.4) is 0 Å². The summed E-state index contributed by atoms with van der Waals surface area (Å²) in [5, 5.41) is 2.91. The molecule has 208 valence electrons. The molecule has 1 N–H and O–H groups in total. The smallest absolute Gasteiger partial charge is 0.264 e. The van der Waals surface area contributed by atoms with E-state index in [9.17, 15) is 18.0 Å². The van der Waals surface area contributed by atoms with Crippen LogP contribution in [0.15, 0.2) is 83.8 Å². The molecule has 0 spiro atoms. The van der Waals surface area contributed by atoms with Crippen LogP contribution < -0.4 is 9.62 Å². The Kier molecular flexibility index (Phi) is 10.7. The molecule has 3 rings (SSSR count). The molecule has 0 radical (unpaired) electrons.